The molecule has 1 heterocycles. The number of halogens is 1. The maximum atomic E-state index is 8.18. The normalized spacial score (nSPS) is 8.50. The van der Waals surface area contributed by atoms with Crippen LogP contribution in [0.5, 0.6) is 0 Å². The Balaban J connectivity index is 3.05. The fourth-order valence-corrected chi connectivity index (χ4v) is 0.699. The highest BCUT2D eigenvalue weighted by Gasteiger charge is 1.95. The Labute approximate surface area is 59.4 Å². The van der Waals surface area contributed by atoms with Gasteiger partial charge in [0, 0.05) is 28.7 Å². The Morgan fingerprint density at radius 2 is 2.62 bits per heavy atom. The van der Waals surface area contributed by atoms with Crippen LogP contribution in [-0.4, -0.2) is 5.16 Å². The molecule has 0 atom stereocenters. The lowest BCUT2D eigenvalue weighted by Crippen LogP contribution is -1.64. The molecule has 1 aromatic heterocycles. The van der Waals surface area contributed by atoms with E-state index in [0.717, 1.165) is 0 Å². The Kier molecular flexibility index (Phi) is 1.48. The Hall–Kier alpha value is -0.570. The van der Waals surface area contributed by atoms with Crippen molar-refractivity contribution in [2.45, 2.75) is 0 Å². The lowest BCUT2D eigenvalue weighted by Gasteiger charge is -1.62. The van der Waals surface area contributed by atoms with Crippen LogP contribution in [0.15, 0.2) is 10.6 Å². The van der Waals surface area contributed by atoms with E-state index in [9.17, 15) is 0 Å². The first-order chi connectivity index (χ1) is 3.83. The van der Waals surface area contributed by atoms with Gasteiger partial charge < -0.3 is 4.52 Å². The van der Waals surface area contributed by atoms with Crippen LogP contribution in [-0.2, 0) is 0 Å². The maximum absolute atomic E-state index is 8.18. The molecule has 0 unspecified atom stereocenters. The molecule has 0 radical (unpaired) electrons. The van der Waals surface area contributed by atoms with Gasteiger partial charge in [0.15, 0.2) is 9.46 Å². The summed E-state index contributed by atoms with van der Waals surface area (Å²) in [5.41, 5.74) is 0.328. The number of nitrogens with zero attached hydrogens (tertiary/aromatic N) is 2. The summed E-state index contributed by atoms with van der Waals surface area (Å²) >= 11 is 1.94. The average Bonchev–Trinajstić information content (AvgIpc) is 2.14. The average molecular weight is 220 g/mol. The quantitative estimate of drug-likeness (QED) is 0.616. The highest BCUT2D eigenvalue weighted by atomic mass is 127. The summed E-state index contributed by atoms with van der Waals surface area (Å²) in [6, 6.07) is 3.41. The van der Waals surface area contributed by atoms with Gasteiger partial charge in [0.1, 0.15) is 6.07 Å². The van der Waals surface area contributed by atoms with Gasteiger partial charge in [-0.1, -0.05) is 5.16 Å². The lowest BCUT2D eigenvalue weighted by molar-refractivity contribution is 0.396. The summed E-state index contributed by atoms with van der Waals surface area (Å²) < 4.78 is 5.21. The molecule has 4 heteroatoms. The van der Waals surface area contributed by atoms with Crippen molar-refractivity contribution in [3.63, 3.8) is 0 Å². The van der Waals surface area contributed by atoms with Gasteiger partial charge in [0.25, 0.3) is 0 Å². The maximum Gasteiger partial charge on any atom is 0.197 e. The van der Waals surface area contributed by atoms with Crippen LogP contribution in [0.2, 0.25) is 0 Å². The minimum atomic E-state index is 0.328. The molecule has 0 aliphatic heterocycles. The van der Waals surface area contributed by atoms with E-state index in [1.54, 1.807) is 6.07 Å². The van der Waals surface area contributed by atoms with Gasteiger partial charge in [-0.05, 0) is 0 Å². The molecule has 0 bridgehead atoms. The van der Waals surface area contributed by atoms with Crippen molar-refractivity contribution < 1.29 is 4.52 Å². The number of rotatable bonds is 0. The number of hydrogen-bond donors (Lipinski definition) is 0. The molecule has 0 aliphatic carbocycles. The number of hydrogen-bond acceptors (Lipinski definition) is 3. The van der Waals surface area contributed by atoms with Gasteiger partial charge in [-0.25, -0.2) is 0 Å². The van der Waals surface area contributed by atoms with Crippen molar-refractivity contribution in [1.82, 2.24) is 5.16 Å². The first kappa shape index (κ1) is 5.56. The van der Waals surface area contributed by atoms with E-state index in [2.05, 4.69) is 9.68 Å². The molecule has 0 aromatic carbocycles. The summed E-state index contributed by atoms with van der Waals surface area (Å²) in [6.45, 7) is 0. The van der Waals surface area contributed by atoms with E-state index in [1.807, 2.05) is 28.7 Å². The summed E-state index contributed by atoms with van der Waals surface area (Å²) in [4.78, 5) is 0. The summed E-state index contributed by atoms with van der Waals surface area (Å²) in [5.74, 6) is 0. The van der Waals surface area contributed by atoms with Crippen LogP contribution >= 0.6 is 22.6 Å². The summed E-state index contributed by atoms with van der Waals surface area (Å²) in [6.07, 6.45) is 0. The van der Waals surface area contributed by atoms with Crippen molar-refractivity contribution in [1.29, 1.82) is 5.26 Å². The molecule has 0 amide bonds. The molecule has 1 aromatic rings. The zero-order valence-electron chi connectivity index (χ0n) is 3.76. The van der Waals surface area contributed by atoms with Crippen LogP contribution in [0.4, 0.5) is 0 Å². The fourth-order valence-electron chi connectivity index (χ4n) is 0.306. The Morgan fingerprint density at radius 3 is 2.88 bits per heavy atom. The largest absolute Gasteiger partial charge is 0.349 e. The zero-order valence-corrected chi connectivity index (χ0v) is 5.92. The monoisotopic (exact) mass is 220 g/mol. The Morgan fingerprint density at radius 1 is 1.88 bits per heavy atom. The van der Waals surface area contributed by atoms with E-state index in [0.29, 0.717) is 9.46 Å². The molecule has 1 rings (SSSR count). The van der Waals surface area contributed by atoms with E-state index in [-0.39, 0.29) is 0 Å². The molecule has 0 saturated carbocycles. The van der Waals surface area contributed by atoms with Crippen LogP contribution in [0, 0.1) is 15.1 Å². The van der Waals surface area contributed by atoms with Gasteiger partial charge in [-0.2, -0.15) is 5.26 Å². The van der Waals surface area contributed by atoms with Crippen LogP contribution in [0.1, 0.15) is 5.69 Å². The molecule has 3 nitrogen and oxygen atoms in total. The predicted octanol–water partition coefficient (Wildman–Crippen LogP) is 1.15. The zero-order chi connectivity index (χ0) is 5.98. The number of nitriles is 1. The van der Waals surface area contributed by atoms with Crippen LogP contribution < -0.4 is 0 Å². The van der Waals surface area contributed by atoms with Gasteiger partial charge in [0.05, 0.1) is 0 Å². The molecule has 0 N–H and O–H groups in total. The lowest BCUT2D eigenvalue weighted by atomic mass is 10.5. The fraction of sp³-hybridized carbons (Fsp3) is 0. The minimum Gasteiger partial charge on any atom is -0.349 e. The van der Waals surface area contributed by atoms with Gasteiger partial charge >= 0.3 is 0 Å². The highest BCUT2D eigenvalue weighted by Crippen LogP contribution is 2.03. The standard InChI is InChI=1S/C4HIN2O/c5-4-1-3(2-6)7-8-4/h1H. The van der Waals surface area contributed by atoms with Gasteiger partial charge in [-0.3, -0.25) is 0 Å². The SMILES string of the molecule is N#Cc1cc(I)on1. The van der Waals surface area contributed by atoms with E-state index in [1.165, 1.54) is 0 Å². The van der Waals surface area contributed by atoms with Crippen molar-refractivity contribution >= 4 is 22.6 Å². The third kappa shape index (κ3) is 0.980. The number of aromatic nitrogens is 1. The third-order valence-corrected chi connectivity index (χ3v) is 1.10. The van der Waals surface area contributed by atoms with Crippen LogP contribution in [0.25, 0.3) is 0 Å². The smallest absolute Gasteiger partial charge is 0.197 e. The topological polar surface area (TPSA) is 49.8 Å². The Bertz CT molecular complexity index is 224. The second kappa shape index (κ2) is 2.13. The van der Waals surface area contributed by atoms with Crippen molar-refractivity contribution in [2.75, 3.05) is 0 Å². The molecule has 0 spiro atoms. The van der Waals surface area contributed by atoms with E-state index < -0.39 is 0 Å². The molecular formula is C4HIN2O. The predicted molar refractivity (Wildman–Crippen MR) is 33.9 cm³/mol. The van der Waals surface area contributed by atoms with E-state index in [4.69, 9.17) is 5.26 Å². The van der Waals surface area contributed by atoms with Crippen molar-refractivity contribution in [2.24, 2.45) is 0 Å². The molecule has 40 valence electrons. The first-order valence-corrected chi connectivity index (χ1v) is 2.93. The van der Waals surface area contributed by atoms with Crippen molar-refractivity contribution in [3.05, 3.63) is 15.5 Å². The summed E-state index contributed by atoms with van der Waals surface area (Å²) in [5, 5.41) is 11.6. The minimum absolute atomic E-state index is 0.328. The van der Waals surface area contributed by atoms with Crippen molar-refractivity contribution in [3.8, 4) is 6.07 Å². The molecule has 0 aliphatic rings. The van der Waals surface area contributed by atoms with E-state index >= 15 is 0 Å². The molecule has 0 saturated heterocycles. The van der Waals surface area contributed by atoms with Gasteiger partial charge in [-0.15, -0.1) is 0 Å². The van der Waals surface area contributed by atoms with Crippen LogP contribution in [0.3, 0.4) is 0 Å². The third-order valence-electron chi connectivity index (χ3n) is 0.596. The second-order valence-corrected chi connectivity index (χ2v) is 2.19. The molecular weight excluding hydrogens is 219 g/mol. The van der Waals surface area contributed by atoms with Gasteiger partial charge in [0.2, 0.25) is 0 Å². The molecule has 8 heavy (non-hydrogen) atoms. The second-order valence-electron chi connectivity index (χ2n) is 1.13. The summed E-state index contributed by atoms with van der Waals surface area (Å²) in [7, 11) is 0. The first-order valence-electron chi connectivity index (χ1n) is 1.85. The molecule has 0 fully saturated rings. The highest BCUT2D eigenvalue weighted by molar-refractivity contribution is 14.1.